The van der Waals surface area contributed by atoms with Crippen molar-refractivity contribution in [3.63, 3.8) is 0 Å². The first-order valence-corrected chi connectivity index (χ1v) is 4.50. The molecule has 0 bridgehead atoms. The molecule has 78 valence electrons. The lowest BCUT2D eigenvalue weighted by Crippen LogP contribution is -2.33. The van der Waals surface area contributed by atoms with Crippen LogP contribution in [0.15, 0.2) is 12.2 Å². The minimum absolute atomic E-state index is 0.190. The van der Waals surface area contributed by atoms with Crippen LogP contribution >= 0.6 is 0 Å². The molecule has 0 fully saturated rings. The van der Waals surface area contributed by atoms with E-state index >= 15 is 0 Å². The maximum absolute atomic E-state index is 11.7. The summed E-state index contributed by atoms with van der Waals surface area (Å²) in [4.78, 5) is 23.0. The molecule has 0 unspecified atom stereocenters. The molecule has 0 amide bonds. The maximum atomic E-state index is 11.7. The highest BCUT2D eigenvalue weighted by molar-refractivity contribution is 6.01. The van der Waals surface area contributed by atoms with Gasteiger partial charge in [0.2, 0.25) is 0 Å². The average Bonchev–Trinajstić information content (AvgIpc) is 2.39. The largest absolute Gasteiger partial charge is 0.468 e. The number of hydrogen-bond acceptors (Lipinski definition) is 4. The van der Waals surface area contributed by atoms with Crippen molar-refractivity contribution in [3.8, 4) is 0 Å². The SMILES string of the molecule is COC(=O)[C@@H]1CC=CC[C@@H](OC)C1=O. The Kier molecular flexibility index (Phi) is 3.83. The van der Waals surface area contributed by atoms with Gasteiger partial charge in [-0.25, -0.2) is 0 Å². The lowest BCUT2D eigenvalue weighted by Gasteiger charge is -2.15. The van der Waals surface area contributed by atoms with E-state index in [9.17, 15) is 9.59 Å². The fourth-order valence-electron chi connectivity index (χ4n) is 1.48. The lowest BCUT2D eigenvalue weighted by molar-refractivity contribution is -0.152. The van der Waals surface area contributed by atoms with Crippen LogP contribution in [0.2, 0.25) is 0 Å². The van der Waals surface area contributed by atoms with Gasteiger partial charge < -0.3 is 9.47 Å². The lowest BCUT2D eigenvalue weighted by atomic mass is 9.98. The Bertz CT molecular complexity index is 257. The molecule has 0 saturated carbocycles. The maximum Gasteiger partial charge on any atom is 0.316 e. The summed E-state index contributed by atoms with van der Waals surface area (Å²) in [6.07, 6.45) is 4.10. The monoisotopic (exact) mass is 198 g/mol. The number of carbonyl (C=O) groups is 2. The number of hydrogen-bond donors (Lipinski definition) is 0. The van der Waals surface area contributed by atoms with Crippen LogP contribution in [0.5, 0.6) is 0 Å². The third-order valence-corrected chi connectivity index (χ3v) is 2.32. The number of rotatable bonds is 2. The first-order valence-electron chi connectivity index (χ1n) is 4.50. The molecule has 0 aromatic rings. The molecule has 1 aliphatic carbocycles. The third kappa shape index (κ3) is 2.20. The Morgan fingerprint density at radius 2 is 2.00 bits per heavy atom. The van der Waals surface area contributed by atoms with Crippen LogP contribution in [0.1, 0.15) is 12.8 Å². The summed E-state index contributed by atoms with van der Waals surface area (Å²) in [5.41, 5.74) is 0. The first-order chi connectivity index (χ1) is 6.70. The molecule has 0 N–H and O–H groups in total. The molecule has 14 heavy (non-hydrogen) atoms. The Balaban J connectivity index is 2.78. The molecular formula is C10H14O4. The highest BCUT2D eigenvalue weighted by atomic mass is 16.5. The number of allylic oxidation sites excluding steroid dienone is 1. The van der Waals surface area contributed by atoms with Gasteiger partial charge in [0.1, 0.15) is 12.0 Å². The van der Waals surface area contributed by atoms with Crippen LogP contribution in [-0.2, 0) is 19.1 Å². The predicted octanol–water partition coefficient (Wildman–Crippen LogP) is 0.710. The van der Waals surface area contributed by atoms with E-state index in [1.807, 2.05) is 12.2 Å². The van der Waals surface area contributed by atoms with E-state index in [2.05, 4.69) is 4.74 Å². The molecule has 0 aromatic carbocycles. The van der Waals surface area contributed by atoms with Gasteiger partial charge in [-0.1, -0.05) is 12.2 Å². The van der Waals surface area contributed by atoms with E-state index in [0.29, 0.717) is 12.8 Å². The second-order valence-electron chi connectivity index (χ2n) is 3.15. The molecule has 4 heteroatoms. The molecule has 4 nitrogen and oxygen atoms in total. The van der Waals surface area contributed by atoms with Crippen molar-refractivity contribution < 1.29 is 19.1 Å². The predicted molar refractivity (Wildman–Crippen MR) is 49.7 cm³/mol. The van der Waals surface area contributed by atoms with Gasteiger partial charge >= 0.3 is 5.97 Å². The van der Waals surface area contributed by atoms with Gasteiger partial charge in [-0.05, 0) is 12.8 Å². The summed E-state index contributed by atoms with van der Waals surface area (Å²) in [5, 5.41) is 0. The van der Waals surface area contributed by atoms with Gasteiger partial charge in [0, 0.05) is 7.11 Å². The Labute approximate surface area is 82.9 Å². The molecule has 0 spiro atoms. The van der Waals surface area contributed by atoms with Gasteiger partial charge in [0.25, 0.3) is 0 Å². The van der Waals surface area contributed by atoms with Crippen LogP contribution < -0.4 is 0 Å². The number of ether oxygens (including phenoxy) is 2. The molecule has 2 atom stereocenters. The van der Waals surface area contributed by atoms with Gasteiger partial charge in [-0.15, -0.1) is 0 Å². The number of carbonyl (C=O) groups excluding carboxylic acids is 2. The molecule has 0 radical (unpaired) electrons. The number of ketones is 1. The number of methoxy groups -OCH3 is 2. The van der Waals surface area contributed by atoms with E-state index in [1.54, 1.807) is 0 Å². The van der Waals surface area contributed by atoms with Crippen molar-refractivity contribution in [1.29, 1.82) is 0 Å². The molecule has 1 rings (SSSR count). The normalized spacial score (nSPS) is 27.1. The van der Waals surface area contributed by atoms with Gasteiger partial charge in [-0.2, -0.15) is 0 Å². The minimum atomic E-state index is -0.705. The summed E-state index contributed by atoms with van der Waals surface area (Å²) in [5.74, 6) is -1.38. The Morgan fingerprint density at radius 1 is 1.36 bits per heavy atom. The highest BCUT2D eigenvalue weighted by Crippen LogP contribution is 2.18. The van der Waals surface area contributed by atoms with Crippen LogP contribution in [0.3, 0.4) is 0 Å². The van der Waals surface area contributed by atoms with Crippen molar-refractivity contribution in [2.24, 2.45) is 5.92 Å². The molecule has 0 saturated heterocycles. The van der Waals surface area contributed by atoms with Crippen LogP contribution in [0.25, 0.3) is 0 Å². The summed E-state index contributed by atoms with van der Waals surface area (Å²) in [6, 6.07) is 0. The zero-order valence-electron chi connectivity index (χ0n) is 8.36. The Morgan fingerprint density at radius 3 is 2.57 bits per heavy atom. The molecular weight excluding hydrogens is 184 g/mol. The standard InChI is InChI=1S/C10H14O4/c1-13-8-6-4-3-5-7(9(8)11)10(12)14-2/h3-4,7-8H,5-6H2,1-2H3/t7-,8-/m1/s1. The van der Waals surface area contributed by atoms with Crippen molar-refractivity contribution in [2.45, 2.75) is 18.9 Å². The van der Waals surface area contributed by atoms with Crippen molar-refractivity contribution in [2.75, 3.05) is 14.2 Å². The summed E-state index contributed by atoms with van der Waals surface area (Å²) >= 11 is 0. The van der Waals surface area contributed by atoms with Crippen LogP contribution in [0, 0.1) is 5.92 Å². The van der Waals surface area contributed by atoms with E-state index in [4.69, 9.17) is 4.74 Å². The summed E-state index contributed by atoms with van der Waals surface area (Å²) in [6.45, 7) is 0. The van der Waals surface area contributed by atoms with Crippen LogP contribution in [-0.4, -0.2) is 32.1 Å². The average molecular weight is 198 g/mol. The van der Waals surface area contributed by atoms with E-state index in [0.717, 1.165) is 0 Å². The molecule has 0 aliphatic heterocycles. The van der Waals surface area contributed by atoms with E-state index in [1.165, 1.54) is 14.2 Å². The zero-order chi connectivity index (χ0) is 10.6. The molecule has 0 heterocycles. The van der Waals surface area contributed by atoms with Gasteiger partial charge in [-0.3, -0.25) is 9.59 Å². The summed E-state index contributed by atoms with van der Waals surface area (Å²) < 4.78 is 9.56. The topological polar surface area (TPSA) is 52.6 Å². The van der Waals surface area contributed by atoms with E-state index in [-0.39, 0.29) is 5.78 Å². The zero-order valence-corrected chi connectivity index (χ0v) is 8.36. The van der Waals surface area contributed by atoms with Crippen molar-refractivity contribution in [1.82, 2.24) is 0 Å². The smallest absolute Gasteiger partial charge is 0.316 e. The highest BCUT2D eigenvalue weighted by Gasteiger charge is 2.33. The van der Waals surface area contributed by atoms with Gasteiger partial charge in [0.15, 0.2) is 5.78 Å². The quantitative estimate of drug-likeness (QED) is 0.372. The second kappa shape index (κ2) is 4.91. The number of esters is 1. The van der Waals surface area contributed by atoms with Crippen molar-refractivity contribution >= 4 is 11.8 Å². The van der Waals surface area contributed by atoms with Crippen LogP contribution in [0.4, 0.5) is 0 Å². The van der Waals surface area contributed by atoms with E-state index < -0.39 is 18.0 Å². The fraction of sp³-hybridized carbons (Fsp3) is 0.600. The van der Waals surface area contributed by atoms with Gasteiger partial charge in [0.05, 0.1) is 7.11 Å². The second-order valence-corrected chi connectivity index (χ2v) is 3.15. The first kappa shape index (κ1) is 10.9. The minimum Gasteiger partial charge on any atom is -0.468 e. The third-order valence-electron chi connectivity index (χ3n) is 2.32. The molecule has 1 aliphatic rings. The fourth-order valence-corrected chi connectivity index (χ4v) is 1.48. The molecule has 0 aromatic heterocycles. The number of Topliss-reactive ketones (excluding diaryl/α,β-unsaturated/α-hetero) is 1. The van der Waals surface area contributed by atoms with Crippen molar-refractivity contribution in [3.05, 3.63) is 12.2 Å². The summed E-state index contributed by atoms with van der Waals surface area (Å²) in [7, 11) is 2.75. The Hall–Kier alpha value is -1.16.